The summed E-state index contributed by atoms with van der Waals surface area (Å²) >= 11 is 1.86. The second-order valence-corrected chi connectivity index (χ2v) is 13.3. The van der Waals surface area contributed by atoms with Crippen LogP contribution in [0.2, 0.25) is 0 Å². The van der Waals surface area contributed by atoms with Crippen LogP contribution in [0.3, 0.4) is 0 Å². The zero-order chi connectivity index (χ0) is 30.9. The molecule has 2 N–H and O–H groups in total. The molecule has 10 aromatic rings. The maximum Gasteiger partial charge on any atom is 0.0572 e. The number of aromatic nitrogens is 2. The number of nitrogens with one attached hydrogen (secondary N) is 2. The lowest BCUT2D eigenvalue weighted by Crippen LogP contribution is -1.97. The largest absolute Gasteiger partial charge is 0.354 e. The summed E-state index contributed by atoms with van der Waals surface area (Å²) in [6.07, 6.45) is 0. The molecule has 0 amide bonds. The third-order valence-electron chi connectivity index (χ3n) is 9.55. The van der Waals surface area contributed by atoms with Gasteiger partial charge in [0.05, 0.1) is 11.0 Å². The van der Waals surface area contributed by atoms with Crippen LogP contribution in [0.4, 0.5) is 0 Å². The van der Waals surface area contributed by atoms with Crippen LogP contribution in [0.25, 0.3) is 97.5 Å². The first kappa shape index (κ1) is 26.3. The predicted molar refractivity (Wildman–Crippen MR) is 202 cm³/mol. The van der Waals surface area contributed by atoms with Gasteiger partial charge in [-0.3, -0.25) is 0 Å². The SMILES string of the molecule is c1ccc(-c2c(-c3ccccc3)c(-c3ccccc3)c3c([nH]c4ccccc43)c2-c2cc3ccc4sc5ccccc5c4c3[nH]2)cc1. The van der Waals surface area contributed by atoms with Gasteiger partial charge >= 0.3 is 0 Å². The molecular weight excluding hydrogens is 589 g/mol. The fourth-order valence-electron chi connectivity index (χ4n) is 7.59. The van der Waals surface area contributed by atoms with E-state index >= 15 is 0 Å². The molecule has 0 atom stereocenters. The van der Waals surface area contributed by atoms with Gasteiger partial charge in [-0.25, -0.2) is 0 Å². The van der Waals surface area contributed by atoms with Crippen LogP contribution in [-0.2, 0) is 0 Å². The van der Waals surface area contributed by atoms with Crippen molar-refractivity contribution in [3.8, 4) is 44.6 Å². The highest BCUT2D eigenvalue weighted by Crippen LogP contribution is 2.52. The van der Waals surface area contributed by atoms with Crippen LogP contribution in [0.15, 0.2) is 158 Å². The van der Waals surface area contributed by atoms with Gasteiger partial charge in [0.15, 0.2) is 0 Å². The van der Waals surface area contributed by atoms with E-state index in [1.54, 1.807) is 0 Å². The Balaban J connectivity index is 1.45. The Morgan fingerprint density at radius 1 is 0.383 bits per heavy atom. The highest BCUT2D eigenvalue weighted by molar-refractivity contribution is 7.26. The number of thiophene rings is 1. The minimum absolute atomic E-state index is 1.11. The van der Waals surface area contributed by atoms with Crippen molar-refractivity contribution in [2.45, 2.75) is 0 Å². The average Bonchev–Trinajstić information content (AvgIpc) is 3.85. The Labute approximate surface area is 275 Å². The van der Waals surface area contributed by atoms with Crippen LogP contribution in [0.5, 0.6) is 0 Å². The second-order valence-electron chi connectivity index (χ2n) is 12.2. The van der Waals surface area contributed by atoms with Gasteiger partial charge in [0.1, 0.15) is 0 Å². The molecule has 47 heavy (non-hydrogen) atoms. The molecule has 2 nitrogen and oxygen atoms in total. The van der Waals surface area contributed by atoms with E-state index in [0.29, 0.717) is 0 Å². The first-order valence-corrected chi connectivity index (χ1v) is 16.8. The number of hydrogen-bond acceptors (Lipinski definition) is 1. The Kier molecular flexibility index (Phi) is 5.78. The standard InChI is InChI=1S/C44H28N2S/c1-4-14-27(15-5-1)37-38(28-16-6-2-7-17-28)41-31-20-10-12-22-33(31)45-44(41)42(39(37)29-18-8-3-9-19-29)34-26-30-24-25-36-40(43(30)46-34)32-21-11-13-23-35(32)47-36/h1-26,45-46H. The monoisotopic (exact) mass is 616 g/mol. The van der Waals surface area contributed by atoms with Gasteiger partial charge < -0.3 is 9.97 Å². The Bertz CT molecular complexity index is 2770. The van der Waals surface area contributed by atoms with Crippen molar-refractivity contribution in [2.75, 3.05) is 0 Å². The molecule has 0 saturated heterocycles. The number of H-pyrrole nitrogens is 2. The van der Waals surface area contributed by atoms with E-state index in [-0.39, 0.29) is 0 Å². The van der Waals surface area contributed by atoms with E-state index in [0.717, 1.165) is 16.7 Å². The maximum absolute atomic E-state index is 4.00. The van der Waals surface area contributed by atoms with Crippen molar-refractivity contribution >= 4 is 64.2 Å². The molecule has 0 bridgehead atoms. The van der Waals surface area contributed by atoms with Gasteiger partial charge in [0, 0.05) is 64.2 Å². The number of aromatic amines is 2. The molecule has 10 rings (SSSR count). The van der Waals surface area contributed by atoms with Gasteiger partial charge in [-0.1, -0.05) is 133 Å². The number of hydrogen-bond donors (Lipinski definition) is 2. The molecule has 0 unspecified atom stereocenters. The number of benzene rings is 7. The molecule has 220 valence electrons. The lowest BCUT2D eigenvalue weighted by Gasteiger charge is -2.22. The van der Waals surface area contributed by atoms with Crippen molar-refractivity contribution in [3.05, 3.63) is 158 Å². The smallest absolute Gasteiger partial charge is 0.0572 e. The lowest BCUT2D eigenvalue weighted by atomic mass is 9.81. The second kappa shape index (κ2) is 10.3. The summed E-state index contributed by atoms with van der Waals surface area (Å²) in [6, 6.07) is 57.1. The fraction of sp³-hybridized carbons (Fsp3) is 0. The molecule has 3 heteroatoms. The van der Waals surface area contributed by atoms with Gasteiger partial charge in [0.2, 0.25) is 0 Å². The van der Waals surface area contributed by atoms with Gasteiger partial charge in [0.25, 0.3) is 0 Å². The van der Waals surface area contributed by atoms with Crippen molar-refractivity contribution in [2.24, 2.45) is 0 Å². The average molecular weight is 617 g/mol. The van der Waals surface area contributed by atoms with Gasteiger partial charge in [-0.05, 0) is 46.5 Å². The maximum atomic E-state index is 4.00. The van der Waals surface area contributed by atoms with Crippen molar-refractivity contribution in [1.82, 2.24) is 9.97 Å². The van der Waals surface area contributed by atoms with E-state index in [4.69, 9.17) is 0 Å². The van der Waals surface area contributed by atoms with Crippen LogP contribution >= 0.6 is 11.3 Å². The van der Waals surface area contributed by atoms with Crippen LogP contribution in [0, 0.1) is 0 Å². The molecule has 0 aliphatic rings. The molecule has 3 heterocycles. The van der Waals surface area contributed by atoms with Crippen molar-refractivity contribution < 1.29 is 0 Å². The molecule has 0 aliphatic heterocycles. The Morgan fingerprint density at radius 2 is 0.957 bits per heavy atom. The summed E-state index contributed by atoms with van der Waals surface area (Å²) < 4.78 is 2.61. The first-order chi connectivity index (χ1) is 23.3. The topological polar surface area (TPSA) is 31.6 Å². The lowest BCUT2D eigenvalue weighted by molar-refractivity contribution is 1.45. The summed E-state index contributed by atoms with van der Waals surface area (Å²) in [5, 5.41) is 6.28. The molecule has 0 spiro atoms. The van der Waals surface area contributed by atoms with Crippen LogP contribution in [0.1, 0.15) is 0 Å². The summed E-state index contributed by atoms with van der Waals surface area (Å²) in [4.78, 5) is 7.94. The van der Waals surface area contributed by atoms with E-state index in [1.165, 1.54) is 80.8 Å². The Hall–Kier alpha value is -5.90. The quantitative estimate of drug-likeness (QED) is 0.197. The van der Waals surface area contributed by atoms with Gasteiger partial charge in [-0.2, -0.15) is 0 Å². The molecule has 0 radical (unpaired) electrons. The zero-order valence-electron chi connectivity index (χ0n) is 25.4. The summed E-state index contributed by atoms with van der Waals surface area (Å²) in [6.45, 7) is 0. The van der Waals surface area contributed by atoms with Crippen LogP contribution in [-0.4, -0.2) is 9.97 Å². The molecule has 0 saturated carbocycles. The van der Waals surface area contributed by atoms with E-state index in [1.807, 2.05) is 11.3 Å². The molecule has 3 aromatic heterocycles. The normalized spacial score (nSPS) is 11.8. The van der Waals surface area contributed by atoms with Crippen molar-refractivity contribution in [3.63, 3.8) is 0 Å². The third kappa shape index (κ3) is 3.97. The molecule has 0 aliphatic carbocycles. The summed E-state index contributed by atoms with van der Waals surface area (Å²) in [5.74, 6) is 0. The third-order valence-corrected chi connectivity index (χ3v) is 10.7. The number of fused-ring (bicyclic) bond motifs is 8. The fourth-order valence-corrected chi connectivity index (χ4v) is 8.70. The predicted octanol–water partition coefficient (Wildman–Crippen LogP) is 12.8. The molecule has 0 fully saturated rings. The minimum atomic E-state index is 1.11. The van der Waals surface area contributed by atoms with E-state index in [9.17, 15) is 0 Å². The summed E-state index contributed by atoms with van der Waals surface area (Å²) in [7, 11) is 0. The Morgan fingerprint density at radius 3 is 1.66 bits per heavy atom. The van der Waals surface area contributed by atoms with Gasteiger partial charge in [-0.15, -0.1) is 11.3 Å². The first-order valence-electron chi connectivity index (χ1n) is 16.0. The number of para-hydroxylation sites is 1. The minimum Gasteiger partial charge on any atom is -0.354 e. The van der Waals surface area contributed by atoms with E-state index < -0.39 is 0 Å². The van der Waals surface area contributed by atoms with Crippen LogP contribution < -0.4 is 0 Å². The highest BCUT2D eigenvalue weighted by atomic mass is 32.1. The van der Waals surface area contributed by atoms with E-state index in [2.05, 4.69) is 168 Å². The molecular formula is C44H28N2S. The highest BCUT2D eigenvalue weighted by Gasteiger charge is 2.27. The zero-order valence-corrected chi connectivity index (χ0v) is 26.2. The number of rotatable bonds is 4. The van der Waals surface area contributed by atoms with Crippen molar-refractivity contribution in [1.29, 1.82) is 0 Å². The summed E-state index contributed by atoms with van der Waals surface area (Å²) in [5.41, 5.74) is 13.0. The molecule has 7 aromatic carbocycles.